The van der Waals surface area contributed by atoms with Gasteiger partial charge < -0.3 is 15.4 Å². The van der Waals surface area contributed by atoms with Crippen LogP contribution in [0.25, 0.3) is 22.8 Å². The molecule has 6 nitrogen and oxygen atoms in total. The van der Waals surface area contributed by atoms with Crippen molar-refractivity contribution >= 4 is 5.82 Å². The Morgan fingerprint density at radius 2 is 1.85 bits per heavy atom. The van der Waals surface area contributed by atoms with Gasteiger partial charge in [-0.2, -0.15) is 0 Å². The minimum absolute atomic E-state index is 0.187. The lowest BCUT2D eigenvalue weighted by molar-refractivity contribution is 0.0101. The van der Waals surface area contributed by atoms with Crippen LogP contribution < -0.4 is 5.73 Å². The summed E-state index contributed by atoms with van der Waals surface area (Å²) >= 11 is 0. The number of anilines is 1. The van der Waals surface area contributed by atoms with Crippen molar-refractivity contribution in [1.82, 2.24) is 19.5 Å². The van der Waals surface area contributed by atoms with Crippen LogP contribution in [0.1, 0.15) is 38.6 Å². The van der Waals surface area contributed by atoms with E-state index in [9.17, 15) is 9.50 Å². The molecule has 1 aliphatic rings. The third-order valence-corrected chi connectivity index (χ3v) is 5.23. The van der Waals surface area contributed by atoms with Crippen molar-refractivity contribution in [3.63, 3.8) is 0 Å². The largest absolute Gasteiger partial charge is 0.390 e. The maximum absolute atomic E-state index is 13.4. The summed E-state index contributed by atoms with van der Waals surface area (Å²) in [5, 5.41) is 10.3. The van der Waals surface area contributed by atoms with Crippen LogP contribution in [0.15, 0.2) is 42.9 Å². The number of hydrogen-bond acceptors (Lipinski definition) is 5. The summed E-state index contributed by atoms with van der Waals surface area (Å²) in [7, 11) is 0. The fourth-order valence-electron chi connectivity index (χ4n) is 3.67. The van der Waals surface area contributed by atoms with Crippen LogP contribution in [-0.2, 0) is 0 Å². The van der Waals surface area contributed by atoms with Gasteiger partial charge in [-0.05, 0) is 62.9 Å². The van der Waals surface area contributed by atoms with Gasteiger partial charge >= 0.3 is 0 Å². The smallest absolute Gasteiger partial charge is 0.180 e. The first-order valence-electron chi connectivity index (χ1n) is 9.07. The first-order valence-corrected chi connectivity index (χ1v) is 9.07. The van der Waals surface area contributed by atoms with Crippen molar-refractivity contribution in [1.29, 1.82) is 0 Å². The minimum Gasteiger partial charge on any atom is -0.390 e. The average Bonchev–Trinajstić information content (AvgIpc) is 3.07. The first-order chi connectivity index (χ1) is 12.9. The zero-order chi connectivity index (χ0) is 19.0. The fourth-order valence-corrected chi connectivity index (χ4v) is 3.67. The molecule has 0 bridgehead atoms. The molecule has 4 rings (SSSR count). The number of halogens is 1. The number of aliphatic hydroxyl groups is 1. The summed E-state index contributed by atoms with van der Waals surface area (Å²) in [5.41, 5.74) is 7.50. The maximum atomic E-state index is 13.4. The molecule has 0 aliphatic heterocycles. The molecule has 1 aliphatic carbocycles. The predicted molar refractivity (Wildman–Crippen MR) is 101 cm³/mol. The van der Waals surface area contributed by atoms with Crippen molar-refractivity contribution in [2.45, 2.75) is 44.2 Å². The highest BCUT2D eigenvalue weighted by molar-refractivity contribution is 5.75. The van der Waals surface area contributed by atoms with Crippen LogP contribution >= 0.6 is 0 Å². The number of nitrogen functional groups attached to an aromatic ring is 1. The van der Waals surface area contributed by atoms with Gasteiger partial charge in [-0.15, -0.1) is 0 Å². The molecule has 2 heterocycles. The van der Waals surface area contributed by atoms with E-state index < -0.39 is 5.60 Å². The van der Waals surface area contributed by atoms with Gasteiger partial charge in [0, 0.05) is 17.8 Å². The molecule has 3 N–H and O–H groups in total. The van der Waals surface area contributed by atoms with Crippen molar-refractivity contribution in [3.8, 4) is 22.8 Å². The second-order valence-corrected chi connectivity index (χ2v) is 7.39. The van der Waals surface area contributed by atoms with Gasteiger partial charge in [-0.25, -0.2) is 19.3 Å². The Morgan fingerprint density at radius 1 is 1.15 bits per heavy atom. The number of nitrogens with zero attached hydrogens (tertiary/aromatic N) is 4. The van der Waals surface area contributed by atoms with E-state index in [2.05, 4.69) is 19.5 Å². The van der Waals surface area contributed by atoms with E-state index in [1.54, 1.807) is 30.7 Å². The Morgan fingerprint density at radius 3 is 2.52 bits per heavy atom. The van der Waals surface area contributed by atoms with Gasteiger partial charge in [0.1, 0.15) is 17.3 Å². The number of aromatic nitrogens is 4. The SMILES string of the molecule is CC1(O)CCC(n2cnc(-c3ccc(F)cc3)c2-c2nccc(N)n2)CC1. The van der Waals surface area contributed by atoms with Crippen molar-refractivity contribution in [3.05, 3.63) is 48.7 Å². The quantitative estimate of drug-likeness (QED) is 0.738. The molecule has 0 atom stereocenters. The maximum Gasteiger partial charge on any atom is 0.180 e. The summed E-state index contributed by atoms with van der Waals surface area (Å²) in [6, 6.07) is 8.05. The summed E-state index contributed by atoms with van der Waals surface area (Å²) in [4.78, 5) is 13.4. The molecule has 1 aromatic carbocycles. The summed E-state index contributed by atoms with van der Waals surface area (Å²) in [6.07, 6.45) is 6.52. The molecule has 0 radical (unpaired) electrons. The second-order valence-electron chi connectivity index (χ2n) is 7.39. The number of nitrogens with two attached hydrogens (primary N) is 1. The number of benzene rings is 1. The second kappa shape index (κ2) is 6.74. The first kappa shape index (κ1) is 17.6. The summed E-state index contributed by atoms with van der Waals surface area (Å²) in [5.74, 6) is 0.572. The highest BCUT2D eigenvalue weighted by atomic mass is 19.1. The monoisotopic (exact) mass is 367 g/mol. The third-order valence-electron chi connectivity index (χ3n) is 5.23. The van der Waals surface area contributed by atoms with Crippen LogP contribution in [0.5, 0.6) is 0 Å². The molecule has 7 heteroatoms. The van der Waals surface area contributed by atoms with E-state index >= 15 is 0 Å². The van der Waals surface area contributed by atoms with E-state index in [4.69, 9.17) is 5.73 Å². The van der Waals surface area contributed by atoms with Gasteiger partial charge in [0.2, 0.25) is 0 Å². The number of rotatable bonds is 3. The zero-order valence-electron chi connectivity index (χ0n) is 15.1. The number of hydrogen-bond donors (Lipinski definition) is 2. The Labute approximate surface area is 156 Å². The Hall–Kier alpha value is -2.80. The molecular formula is C20H22FN5O. The van der Waals surface area contributed by atoms with Crippen LogP contribution in [0.3, 0.4) is 0 Å². The summed E-state index contributed by atoms with van der Waals surface area (Å²) < 4.78 is 15.4. The van der Waals surface area contributed by atoms with Crippen LogP contribution in [0, 0.1) is 5.82 Å². The predicted octanol–water partition coefficient (Wildman–Crippen LogP) is 3.59. The van der Waals surface area contributed by atoms with Gasteiger partial charge in [0.25, 0.3) is 0 Å². The number of imidazole rings is 1. The van der Waals surface area contributed by atoms with Crippen LogP contribution in [0.4, 0.5) is 10.2 Å². The molecule has 1 fully saturated rings. The normalized spacial score (nSPS) is 22.7. The van der Waals surface area contributed by atoms with E-state index in [0.29, 0.717) is 17.3 Å². The van der Waals surface area contributed by atoms with Crippen LogP contribution in [0.2, 0.25) is 0 Å². The molecule has 3 aromatic rings. The van der Waals surface area contributed by atoms with E-state index in [-0.39, 0.29) is 11.9 Å². The molecule has 27 heavy (non-hydrogen) atoms. The highest BCUT2D eigenvalue weighted by Crippen LogP contribution is 2.39. The average molecular weight is 367 g/mol. The molecule has 1 saturated carbocycles. The lowest BCUT2D eigenvalue weighted by Crippen LogP contribution is -2.31. The van der Waals surface area contributed by atoms with Gasteiger partial charge in [0.15, 0.2) is 5.82 Å². The standard InChI is InChI=1S/C20H22FN5O/c1-20(27)9-6-15(7-10-20)26-12-24-17(13-2-4-14(21)5-3-13)18(26)19-23-11-8-16(22)25-19/h2-5,8,11-12,15,27H,6-7,9-10H2,1H3,(H2,22,23,25). The molecule has 140 valence electrons. The van der Waals surface area contributed by atoms with Gasteiger partial charge in [-0.3, -0.25) is 0 Å². The highest BCUT2D eigenvalue weighted by Gasteiger charge is 2.31. The van der Waals surface area contributed by atoms with E-state index in [1.165, 1.54) is 12.1 Å². The molecule has 0 unspecified atom stereocenters. The van der Waals surface area contributed by atoms with Crippen LogP contribution in [-0.4, -0.2) is 30.2 Å². The Bertz CT molecular complexity index is 941. The Balaban J connectivity index is 1.81. The lowest BCUT2D eigenvalue weighted by Gasteiger charge is -2.34. The summed E-state index contributed by atoms with van der Waals surface area (Å²) in [6.45, 7) is 1.88. The lowest BCUT2D eigenvalue weighted by atomic mass is 9.83. The van der Waals surface area contributed by atoms with E-state index in [0.717, 1.165) is 36.9 Å². The van der Waals surface area contributed by atoms with E-state index in [1.807, 2.05) is 6.92 Å². The molecule has 0 saturated heterocycles. The Kier molecular flexibility index (Phi) is 4.39. The van der Waals surface area contributed by atoms with Gasteiger partial charge in [0.05, 0.1) is 17.6 Å². The molecule has 0 amide bonds. The molecule has 2 aromatic heterocycles. The topological polar surface area (TPSA) is 89.8 Å². The van der Waals surface area contributed by atoms with Crippen molar-refractivity contribution in [2.24, 2.45) is 0 Å². The molecular weight excluding hydrogens is 345 g/mol. The third kappa shape index (κ3) is 3.55. The molecule has 0 spiro atoms. The zero-order valence-corrected chi connectivity index (χ0v) is 15.1. The van der Waals surface area contributed by atoms with Crippen molar-refractivity contribution < 1.29 is 9.50 Å². The minimum atomic E-state index is -0.620. The fraction of sp³-hybridized carbons (Fsp3) is 0.350. The van der Waals surface area contributed by atoms with Crippen molar-refractivity contribution in [2.75, 3.05) is 5.73 Å². The van der Waals surface area contributed by atoms with Gasteiger partial charge in [-0.1, -0.05) is 0 Å².